The average molecular weight is 304 g/mol. The number of halogens is 2. The zero-order valence-corrected chi connectivity index (χ0v) is 10.5. The third-order valence-corrected chi connectivity index (χ3v) is 3.47. The van der Waals surface area contributed by atoms with Gasteiger partial charge in [0.1, 0.15) is 6.54 Å². The minimum Gasteiger partial charge on any atom is -0.345 e. The summed E-state index contributed by atoms with van der Waals surface area (Å²) in [5.74, 6) is -0.292. The van der Waals surface area contributed by atoms with Crippen LogP contribution >= 0.6 is 27.5 Å². The van der Waals surface area contributed by atoms with E-state index < -0.39 is 0 Å². The van der Waals surface area contributed by atoms with E-state index in [2.05, 4.69) is 21.2 Å². The van der Waals surface area contributed by atoms with Crippen LogP contribution < -0.4 is 10.2 Å². The molecule has 0 spiro atoms. The highest BCUT2D eigenvalue weighted by Gasteiger charge is 2.24. The molecule has 6 heteroatoms. The number of nitrogens with one attached hydrogen (secondary N) is 1. The number of carbonyl (C=O) groups is 2. The molecule has 1 aromatic rings. The van der Waals surface area contributed by atoms with Crippen molar-refractivity contribution >= 4 is 45.0 Å². The van der Waals surface area contributed by atoms with E-state index in [0.717, 1.165) is 0 Å². The van der Waals surface area contributed by atoms with Crippen molar-refractivity contribution < 1.29 is 9.59 Å². The molecule has 1 aliphatic heterocycles. The standard InChI is InChI=1S/C10H8BrClN2O2/c11-7-3-6(1-2-8(7)12)14-5-9(15)13-4-10(14)16/h1-3H,4-5H2,(H,13,15). The lowest BCUT2D eigenvalue weighted by molar-refractivity contribution is -0.128. The molecular formula is C10H8BrClN2O2. The van der Waals surface area contributed by atoms with E-state index in [0.29, 0.717) is 15.2 Å². The van der Waals surface area contributed by atoms with Gasteiger partial charge in [-0.25, -0.2) is 0 Å². The first-order chi connectivity index (χ1) is 7.58. The number of amides is 2. The maximum absolute atomic E-state index is 11.6. The van der Waals surface area contributed by atoms with Crippen LogP contribution in [0, 0.1) is 0 Å². The molecule has 1 aromatic carbocycles. The molecule has 4 nitrogen and oxygen atoms in total. The Morgan fingerprint density at radius 1 is 1.38 bits per heavy atom. The largest absolute Gasteiger partial charge is 0.345 e. The lowest BCUT2D eigenvalue weighted by Crippen LogP contribution is -2.51. The highest BCUT2D eigenvalue weighted by atomic mass is 79.9. The number of anilines is 1. The molecule has 0 aliphatic carbocycles. The van der Waals surface area contributed by atoms with Crippen LogP contribution in [-0.2, 0) is 9.59 Å². The molecule has 0 saturated carbocycles. The summed E-state index contributed by atoms with van der Waals surface area (Å²) < 4.78 is 0.699. The Balaban J connectivity index is 2.31. The van der Waals surface area contributed by atoms with Crippen molar-refractivity contribution in [1.82, 2.24) is 5.32 Å². The first-order valence-electron chi connectivity index (χ1n) is 4.60. The number of hydrogen-bond donors (Lipinski definition) is 1. The van der Waals surface area contributed by atoms with Crippen molar-refractivity contribution in [3.05, 3.63) is 27.7 Å². The molecule has 0 aromatic heterocycles. The Morgan fingerprint density at radius 2 is 2.12 bits per heavy atom. The van der Waals surface area contributed by atoms with Gasteiger partial charge in [-0.3, -0.25) is 9.59 Å². The van der Waals surface area contributed by atoms with Crippen LogP contribution in [0.15, 0.2) is 22.7 Å². The van der Waals surface area contributed by atoms with Gasteiger partial charge in [0.15, 0.2) is 0 Å². The molecule has 16 heavy (non-hydrogen) atoms. The van der Waals surface area contributed by atoms with Crippen molar-refractivity contribution in [1.29, 1.82) is 0 Å². The molecule has 2 rings (SSSR count). The SMILES string of the molecule is O=C1CN(c2ccc(Cl)c(Br)c2)C(=O)CN1. The van der Waals surface area contributed by atoms with Crippen molar-refractivity contribution in [2.45, 2.75) is 0 Å². The van der Waals surface area contributed by atoms with Crippen LogP contribution in [0.3, 0.4) is 0 Å². The molecule has 1 saturated heterocycles. The number of hydrogen-bond acceptors (Lipinski definition) is 2. The van der Waals surface area contributed by atoms with Crippen molar-refractivity contribution in [3.63, 3.8) is 0 Å². The Labute approximate surface area is 106 Å². The zero-order valence-electron chi connectivity index (χ0n) is 8.17. The molecule has 0 unspecified atom stereocenters. The fourth-order valence-electron chi connectivity index (χ4n) is 1.45. The molecule has 2 amide bonds. The average Bonchev–Trinajstić information content (AvgIpc) is 2.26. The van der Waals surface area contributed by atoms with Gasteiger partial charge >= 0.3 is 0 Å². The number of benzene rings is 1. The molecule has 0 bridgehead atoms. The molecule has 1 fully saturated rings. The third kappa shape index (κ3) is 2.20. The number of rotatable bonds is 1. The molecule has 0 atom stereocenters. The summed E-state index contributed by atoms with van der Waals surface area (Å²) in [6, 6.07) is 5.11. The van der Waals surface area contributed by atoms with Gasteiger partial charge in [-0.1, -0.05) is 11.6 Å². The Bertz CT molecular complexity index is 464. The van der Waals surface area contributed by atoms with Crippen molar-refractivity contribution in [2.75, 3.05) is 18.0 Å². The summed E-state index contributed by atoms with van der Waals surface area (Å²) in [6.07, 6.45) is 0. The maximum Gasteiger partial charge on any atom is 0.246 e. The molecule has 84 valence electrons. The van der Waals surface area contributed by atoms with E-state index in [1.807, 2.05) is 0 Å². The van der Waals surface area contributed by atoms with Gasteiger partial charge in [-0.15, -0.1) is 0 Å². The van der Waals surface area contributed by atoms with Gasteiger partial charge in [0, 0.05) is 10.2 Å². The van der Waals surface area contributed by atoms with E-state index in [4.69, 9.17) is 11.6 Å². The zero-order chi connectivity index (χ0) is 11.7. The van der Waals surface area contributed by atoms with Gasteiger partial charge in [0.05, 0.1) is 11.6 Å². The number of nitrogens with zero attached hydrogens (tertiary/aromatic N) is 1. The monoisotopic (exact) mass is 302 g/mol. The van der Waals surface area contributed by atoms with Gasteiger partial charge in [-0.2, -0.15) is 0 Å². The third-order valence-electron chi connectivity index (χ3n) is 2.25. The van der Waals surface area contributed by atoms with Gasteiger partial charge in [0.2, 0.25) is 11.8 Å². The van der Waals surface area contributed by atoms with Crippen molar-refractivity contribution in [2.24, 2.45) is 0 Å². The normalized spacial score (nSPS) is 16.2. The summed E-state index contributed by atoms with van der Waals surface area (Å²) in [5.41, 5.74) is 0.663. The van der Waals surface area contributed by atoms with Crippen LogP contribution in [-0.4, -0.2) is 24.9 Å². The molecule has 0 radical (unpaired) electrons. The molecule has 1 N–H and O–H groups in total. The summed E-state index contributed by atoms with van der Waals surface area (Å²) in [7, 11) is 0. The maximum atomic E-state index is 11.6. The van der Waals surface area contributed by atoms with Gasteiger partial charge < -0.3 is 10.2 Å². The molecule has 1 heterocycles. The second kappa shape index (κ2) is 4.43. The topological polar surface area (TPSA) is 49.4 Å². The lowest BCUT2D eigenvalue weighted by atomic mass is 10.2. The predicted molar refractivity (Wildman–Crippen MR) is 64.5 cm³/mol. The Hall–Kier alpha value is -1.07. The molecule has 1 aliphatic rings. The molecular weight excluding hydrogens is 295 g/mol. The summed E-state index contributed by atoms with van der Waals surface area (Å²) in [6.45, 7) is 0.0893. The quantitative estimate of drug-likeness (QED) is 0.856. The smallest absolute Gasteiger partial charge is 0.246 e. The summed E-state index contributed by atoms with van der Waals surface area (Å²) in [5, 5.41) is 3.06. The van der Waals surface area contributed by atoms with Gasteiger partial charge in [0.25, 0.3) is 0 Å². The minimum absolute atomic E-state index is 0.0408. The summed E-state index contributed by atoms with van der Waals surface area (Å²) in [4.78, 5) is 24.2. The van der Waals surface area contributed by atoms with Crippen LogP contribution in [0.2, 0.25) is 5.02 Å². The lowest BCUT2D eigenvalue weighted by Gasteiger charge is -2.26. The Kier molecular flexibility index (Phi) is 3.16. The highest BCUT2D eigenvalue weighted by molar-refractivity contribution is 9.10. The number of piperazine rings is 1. The summed E-state index contributed by atoms with van der Waals surface area (Å²) >= 11 is 9.13. The number of carbonyl (C=O) groups excluding carboxylic acids is 2. The predicted octanol–water partition coefficient (Wildman–Crippen LogP) is 1.57. The Morgan fingerprint density at radius 3 is 2.81 bits per heavy atom. The van der Waals surface area contributed by atoms with Crippen molar-refractivity contribution in [3.8, 4) is 0 Å². The second-order valence-corrected chi connectivity index (χ2v) is 4.62. The first-order valence-corrected chi connectivity index (χ1v) is 5.77. The second-order valence-electron chi connectivity index (χ2n) is 3.36. The van der Waals surface area contributed by atoms with Crippen LogP contribution in [0.1, 0.15) is 0 Å². The fourth-order valence-corrected chi connectivity index (χ4v) is 1.93. The van der Waals surface area contributed by atoms with Gasteiger partial charge in [-0.05, 0) is 34.1 Å². The van der Waals surface area contributed by atoms with Crippen LogP contribution in [0.25, 0.3) is 0 Å². The minimum atomic E-state index is -0.161. The fraction of sp³-hybridized carbons (Fsp3) is 0.200. The van der Waals surface area contributed by atoms with E-state index in [-0.39, 0.29) is 24.9 Å². The van der Waals surface area contributed by atoms with E-state index in [1.54, 1.807) is 18.2 Å². The highest BCUT2D eigenvalue weighted by Crippen LogP contribution is 2.27. The first kappa shape index (κ1) is 11.4. The van der Waals surface area contributed by atoms with Crippen LogP contribution in [0.4, 0.5) is 5.69 Å². The van der Waals surface area contributed by atoms with Crippen LogP contribution in [0.5, 0.6) is 0 Å². The van der Waals surface area contributed by atoms with E-state index in [9.17, 15) is 9.59 Å². The van der Waals surface area contributed by atoms with E-state index >= 15 is 0 Å². The van der Waals surface area contributed by atoms with E-state index in [1.165, 1.54) is 4.90 Å².